The lowest BCUT2D eigenvalue weighted by Crippen LogP contribution is -2.55. The highest BCUT2D eigenvalue weighted by molar-refractivity contribution is 7.89. The summed E-state index contributed by atoms with van der Waals surface area (Å²) in [5.41, 5.74) is 6.95. The molecule has 0 saturated carbocycles. The standard InChI is InChI=1S/C23H30N6O3S/c1-17-14-27(23(30)29(15-17)20-6-4-5-19(13-20)22(24)25)16-18-8-11-28(12-9-18)33(31,32)21-7-2-3-10-26-21/h2-7,10,13,17-18H,8-9,11-12,14-16H2,1H3,(H3,24,25). The molecule has 3 N–H and O–H groups in total. The summed E-state index contributed by atoms with van der Waals surface area (Å²) < 4.78 is 27.1. The molecule has 2 amide bonds. The van der Waals surface area contributed by atoms with Gasteiger partial charge in [-0.1, -0.05) is 25.1 Å². The minimum absolute atomic E-state index is 0.0290. The Labute approximate surface area is 194 Å². The Balaban J connectivity index is 1.41. The largest absolute Gasteiger partial charge is 0.384 e. The van der Waals surface area contributed by atoms with Crippen molar-refractivity contribution in [2.75, 3.05) is 37.6 Å². The SMILES string of the molecule is CC1CN(CC2CCN(S(=O)(=O)c3ccccn3)CC2)C(=O)N(c2cccc(C(=N)N)c2)C1. The number of nitrogens with two attached hydrogens (primary N) is 1. The van der Waals surface area contributed by atoms with Crippen molar-refractivity contribution in [2.45, 2.75) is 24.8 Å². The van der Waals surface area contributed by atoms with Crippen LogP contribution in [0.25, 0.3) is 0 Å². The lowest BCUT2D eigenvalue weighted by atomic mass is 9.96. The van der Waals surface area contributed by atoms with Crippen LogP contribution in [0.3, 0.4) is 0 Å². The number of hydrogen-bond donors (Lipinski definition) is 2. The number of pyridine rings is 1. The van der Waals surface area contributed by atoms with Crippen molar-refractivity contribution >= 4 is 27.6 Å². The molecule has 0 radical (unpaired) electrons. The van der Waals surface area contributed by atoms with Gasteiger partial charge in [-0.3, -0.25) is 10.3 Å². The molecule has 1 aromatic carbocycles. The molecule has 2 aromatic rings. The molecule has 10 heteroatoms. The summed E-state index contributed by atoms with van der Waals surface area (Å²) >= 11 is 0. The van der Waals surface area contributed by atoms with Gasteiger partial charge in [0.2, 0.25) is 0 Å². The molecular formula is C23H30N6O3S. The van der Waals surface area contributed by atoms with Crippen molar-refractivity contribution in [2.24, 2.45) is 17.6 Å². The van der Waals surface area contributed by atoms with E-state index < -0.39 is 10.0 Å². The van der Waals surface area contributed by atoms with Gasteiger partial charge in [0, 0.05) is 50.2 Å². The van der Waals surface area contributed by atoms with Crippen LogP contribution in [0.4, 0.5) is 10.5 Å². The summed E-state index contributed by atoms with van der Waals surface area (Å²) in [6.45, 7) is 4.84. The fourth-order valence-electron chi connectivity index (χ4n) is 4.56. The van der Waals surface area contributed by atoms with E-state index in [1.807, 2.05) is 11.0 Å². The predicted octanol–water partition coefficient (Wildman–Crippen LogP) is 2.34. The van der Waals surface area contributed by atoms with E-state index in [0.717, 1.165) is 5.69 Å². The number of nitrogens with one attached hydrogen (secondary N) is 1. The molecule has 9 nitrogen and oxygen atoms in total. The van der Waals surface area contributed by atoms with Crippen molar-refractivity contribution in [1.82, 2.24) is 14.2 Å². The van der Waals surface area contributed by atoms with Crippen molar-refractivity contribution in [3.05, 3.63) is 54.2 Å². The first-order valence-electron chi connectivity index (χ1n) is 11.2. The number of sulfonamides is 1. The van der Waals surface area contributed by atoms with Crippen LogP contribution < -0.4 is 10.6 Å². The number of benzene rings is 1. The summed E-state index contributed by atoms with van der Waals surface area (Å²) in [5, 5.41) is 7.75. The number of anilines is 1. The Hall–Kier alpha value is -2.98. The number of urea groups is 1. The molecule has 0 spiro atoms. The molecule has 2 aliphatic heterocycles. The van der Waals surface area contributed by atoms with Gasteiger partial charge in [0.15, 0.2) is 5.03 Å². The second-order valence-electron chi connectivity index (χ2n) is 8.88. The number of amidine groups is 1. The van der Waals surface area contributed by atoms with Crippen molar-refractivity contribution in [1.29, 1.82) is 5.41 Å². The van der Waals surface area contributed by atoms with Gasteiger partial charge in [0.25, 0.3) is 10.0 Å². The topological polar surface area (TPSA) is 124 Å². The molecule has 1 unspecified atom stereocenters. The zero-order valence-electron chi connectivity index (χ0n) is 18.7. The molecule has 1 atom stereocenters. The minimum atomic E-state index is -3.59. The van der Waals surface area contributed by atoms with Gasteiger partial charge in [-0.15, -0.1) is 0 Å². The zero-order chi connectivity index (χ0) is 23.6. The molecule has 3 heterocycles. The lowest BCUT2D eigenvalue weighted by molar-refractivity contribution is 0.154. The second-order valence-corrected chi connectivity index (χ2v) is 10.8. The van der Waals surface area contributed by atoms with E-state index in [2.05, 4.69) is 11.9 Å². The molecule has 176 valence electrons. The predicted molar refractivity (Wildman–Crippen MR) is 127 cm³/mol. The average molecular weight is 471 g/mol. The normalized spacial score (nSPS) is 20.8. The van der Waals surface area contributed by atoms with E-state index in [4.69, 9.17) is 11.1 Å². The van der Waals surface area contributed by atoms with E-state index in [1.54, 1.807) is 35.2 Å². The van der Waals surface area contributed by atoms with Gasteiger partial charge in [-0.2, -0.15) is 4.31 Å². The molecule has 2 aliphatic rings. The van der Waals surface area contributed by atoms with Crippen molar-refractivity contribution in [3.8, 4) is 0 Å². The van der Waals surface area contributed by atoms with Crippen LogP contribution in [0, 0.1) is 17.2 Å². The number of carbonyl (C=O) groups is 1. The van der Waals surface area contributed by atoms with Crippen molar-refractivity contribution < 1.29 is 13.2 Å². The van der Waals surface area contributed by atoms with E-state index in [0.29, 0.717) is 51.1 Å². The Morgan fingerprint density at radius 3 is 2.58 bits per heavy atom. The number of carbonyl (C=O) groups excluding carboxylic acids is 1. The number of aromatic nitrogens is 1. The number of nitrogens with zero attached hydrogens (tertiary/aromatic N) is 4. The first-order valence-corrected chi connectivity index (χ1v) is 12.6. The van der Waals surface area contributed by atoms with E-state index in [-0.39, 0.29) is 28.7 Å². The summed E-state index contributed by atoms with van der Waals surface area (Å²) in [5.74, 6) is 0.492. The number of piperidine rings is 1. The highest BCUT2D eigenvalue weighted by atomic mass is 32.2. The Morgan fingerprint density at radius 2 is 1.91 bits per heavy atom. The molecule has 2 saturated heterocycles. The van der Waals surface area contributed by atoms with E-state index in [9.17, 15) is 13.2 Å². The summed E-state index contributed by atoms with van der Waals surface area (Å²) in [6.07, 6.45) is 2.88. The smallest absolute Gasteiger partial charge is 0.324 e. The number of amides is 2. The summed E-state index contributed by atoms with van der Waals surface area (Å²) in [6, 6.07) is 12.0. The Bertz CT molecular complexity index is 1120. The molecule has 0 bridgehead atoms. The molecule has 33 heavy (non-hydrogen) atoms. The lowest BCUT2D eigenvalue weighted by Gasteiger charge is -2.41. The summed E-state index contributed by atoms with van der Waals surface area (Å²) in [7, 11) is -3.59. The Morgan fingerprint density at radius 1 is 1.15 bits per heavy atom. The maximum absolute atomic E-state index is 13.3. The molecular weight excluding hydrogens is 440 g/mol. The van der Waals surface area contributed by atoms with Crippen LogP contribution in [0.15, 0.2) is 53.7 Å². The fraction of sp³-hybridized carbons (Fsp3) is 0.435. The number of hydrogen-bond acceptors (Lipinski definition) is 5. The minimum Gasteiger partial charge on any atom is -0.384 e. The monoisotopic (exact) mass is 470 g/mol. The zero-order valence-corrected chi connectivity index (χ0v) is 19.5. The fourth-order valence-corrected chi connectivity index (χ4v) is 5.96. The molecule has 2 fully saturated rings. The third-order valence-electron chi connectivity index (χ3n) is 6.29. The van der Waals surface area contributed by atoms with Crippen LogP contribution in [0.2, 0.25) is 0 Å². The average Bonchev–Trinajstić information content (AvgIpc) is 2.82. The third-order valence-corrected chi connectivity index (χ3v) is 8.11. The van der Waals surface area contributed by atoms with Gasteiger partial charge in [0.05, 0.1) is 0 Å². The first-order chi connectivity index (χ1) is 15.8. The molecule has 1 aromatic heterocycles. The highest BCUT2D eigenvalue weighted by Crippen LogP contribution is 2.27. The van der Waals surface area contributed by atoms with Crippen LogP contribution in [-0.4, -0.2) is 67.2 Å². The maximum Gasteiger partial charge on any atom is 0.324 e. The van der Waals surface area contributed by atoms with Crippen LogP contribution >= 0.6 is 0 Å². The molecule has 4 rings (SSSR count). The van der Waals surface area contributed by atoms with Gasteiger partial charge >= 0.3 is 6.03 Å². The molecule has 0 aliphatic carbocycles. The van der Waals surface area contributed by atoms with Crippen LogP contribution in [0.1, 0.15) is 25.3 Å². The van der Waals surface area contributed by atoms with Gasteiger partial charge in [-0.05, 0) is 48.9 Å². The second kappa shape index (κ2) is 9.48. The summed E-state index contributed by atoms with van der Waals surface area (Å²) in [4.78, 5) is 20.9. The van der Waals surface area contributed by atoms with E-state index >= 15 is 0 Å². The van der Waals surface area contributed by atoms with Crippen molar-refractivity contribution in [3.63, 3.8) is 0 Å². The van der Waals surface area contributed by atoms with Gasteiger partial charge in [-0.25, -0.2) is 18.2 Å². The van der Waals surface area contributed by atoms with E-state index in [1.165, 1.54) is 16.6 Å². The van der Waals surface area contributed by atoms with Gasteiger partial charge in [0.1, 0.15) is 5.84 Å². The quantitative estimate of drug-likeness (QED) is 0.495. The highest BCUT2D eigenvalue weighted by Gasteiger charge is 2.35. The number of nitrogen functional groups attached to an aromatic ring is 1. The van der Waals surface area contributed by atoms with Crippen LogP contribution in [0.5, 0.6) is 0 Å². The maximum atomic E-state index is 13.3. The number of rotatable bonds is 6. The van der Waals surface area contributed by atoms with Gasteiger partial charge < -0.3 is 10.6 Å². The van der Waals surface area contributed by atoms with Crippen LogP contribution in [-0.2, 0) is 10.0 Å². The first kappa shape index (κ1) is 23.2. The third kappa shape index (κ3) is 5.01. The Kier molecular flexibility index (Phi) is 6.66.